The van der Waals surface area contributed by atoms with Crippen molar-refractivity contribution in [1.82, 2.24) is 10.2 Å². The zero-order valence-corrected chi connectivity index (χ0v) is 19.8. The molecule has 35 heavy (non-hydrogen) atoms. The minimum absolute atomic E-state index is 0.235. The number of benzene rings is 2. The summed E-state index contributed by atoms with van der Waals surface area (Å²) in [5.74, 6) is -0.235. The van der Waals surface area contributed by atoms with Gasteiger partial charge in [0.05, 0.1) is 17.2 Å². The summed E-state index contributed by atoms with van der Waals surface area (Å²) in [4.78, 5) is 15.3. The number of alkyl halides is 3. The Morgan fingerprint density at radius 2 is 1.89 bits per heavy atom. The highest BCUT2D eigenvalue weighted by Crippen LogP contribution is 2.36. The first-order valence-corrected chi connectivity index (χ1v) is 12.1. The largest absolute Gasteiger partial charge is 0.416 e. The highest BCUT2D eigenvalue weighted by Gasteiger charge is 2.37. The Morgan fingerprint density at radius 3 is 2.60 bits per heavy atom. The summed E-state index contributed by atoms with van der Waals surface area (Å²) in [7, 11) is 0. The van der Waals surface area contributed by atoms with E-state index in [1.165, 1.54) is 12.1 Å². The van der Waals surface area contributed by atoms with Gasteiger partial charge in [0.15, 0.2) is 0 Å². The van der Waals surface area contributed by atoms with Gasteiger partial charge >= 0.3 is 6.18 Å². The second kappa shape index (κ2) is 10.2. The number of carbonyl (C=O) groups excluding carboxylic acids is 1. The van der Waals surface area contributed by atoms with Gasteiger partial charge in [0.2, 0.25) is 0 Å². The second-order valence-electron chi connectivity index (χ2n) is 9.68. The lowest BCUT2D eigenvalue weighted by molar-refractivity contribution is -0.138. The number of hydrogen-bond acceptors (Lipinski definition) is 3. The van der Waals surface area contributed by atoms with Crippen molar-refractivity contribution in [3.8, 4) is 6.07 Å². The first kappa shape index (κ1) is 25.0. The van der Waals surface area contributed by atoms with Crippen LogP contribution in [0.25, 0.3) is 5.57 Å². The van der Waals surface area contributed by atoms with Crippen LogP contribution in [-0.4, -0.2) is 29.4 Å². The number of fused-ring (bicyclic) bond motifs is 1. The Labute approximate surface area is 204 Å². The van der Waals surface area contributed by atoms with E-state index in [2.05, 4.69) is 22.9 Å². The molecule has 184 valence electrons. The maximum Gasteiger partial charge on any atom is 0.416 e. The van der Waals surface area contributed by atoms with Gasteiger partial charge in [0.25, 0.3) is 5.91 Å². The van der Waals surface area contributed by atoms with Crippen molar-refractivity contribution < 1.29 is 18.0 Å². The summed E-state index contributed by atoms with van der Waals surface area (Å²) in [6, 6.07) is 13.4. The Bertz CT molecular complexity index is 1140. The molecule has 1 aliphatic carbocycles. The summed E-state index contributed by atoms with van der Waals surface area (Å²) in [6.45, 7) is 5.73. The Morgan fingerprint density at radius 1 is 1.14 bits per heavy atom. The van der Waals surface area contributed by atoms with Crippen LogP contribution < -0.4 is 5.32 Å². The van der Waals surface area contributed by atoms with Gasteiger partial charge in [-0.15, -0.1) is 0 Å². The molecular formula is C28H30F3N3O. The minimum Gasteiger partial charge on any atom is -0.347 e. The van der Waals surface area contributed by atoms with Crippen LogP contribution in [0.5, 0.6) is 0 Å². The van der Waals surface area contributed by atoms with Crippen LogP contribution in [0.3, 0.4) is 0 Å². The summed E-state index contributed by atoms with van der Waals surface area (Å²) in [5.41, 5.74) is 1.69. The highest BCUT2D eigenvalue weighted by molar-refractivity contribution is 6.19. The molecule has 0 radical (unpaired) electrons. The van der Waals surface area contributed by atoms with Crippen LogP contribution in [-0.2, 0) is 23.9 Å². The normalized spacial score (nSPS) is 17.8. The maximum atomic E-state index is 13.4. The van der Waals surface area contributed by atoms with Gasteiger partial charge < -0.3 is 5.32 Å². The average Bonchev–Trinajstić information content (AvgIpc) is 2.86. The monoisotopic (exact) mass is 481 g/mol. The van der Waals surface area contributed by atoms with Crippen molar-refractivity contribution in [1.29, 1.82) is 5.26 Å². The lowest BCUT2D eigenvalue weighted by Crippen LogP contribution is -2.52. The lowest BCUT2D eigenvalue weighted by Gasteiger charge is -2.40. The summed E-state index contributed by atoms with van der Waals surface area (Å²) < 4.78 is 40.2. The molecule has 1 N–H and O–H groups in total. The predicted octanol–water partition coefficient (Wildman–Crippen LogP) is 5.86. The van der Waals surface area contributed by atoms with Crippen molar-refractivity contribution in [2.24, 2.45) is 0 Å². The van der Waals surface area contributed by atoms with E-state index in [0.717, 1.165) is 44.1 Å². The molecule has 0 atom stereocenters. The van der Waals surface area contributed by atoms with E-state index < -0.39 is 11.7 Å². The van der Waals surface area contributed by atoms with Crippen molar-refractivity contribution in [2.45, 2.75) is 63.2 Å². The molecule has 7 heteroatoms. The molecular weight excluding hydrogens is 451 g/mol. The van der Waals surface area contributed by atoms with Crippen LogP contribution >= 0.6 is 0 Å². The number of amides is 1. The number of halogens is 3. The smallest absolute Gasteiger partial charge is 0.347 e. The number of hydrogen-bond donors (Lipinski definition) is 1. The molecule has 4 nitrogen and oxygen atoms in total. The van der Waals surface area contributed by atoms with Crippen molar-refractivity contribution in [3.63, 3.8) is 0 Å². The fourth-order valence-electron chi connectivity index (χ4n) is 5.39. The Kier molecular flexibility index (Phi) is 7.32. The van der Waals surface area contributed by atoms with Gasteiger partial charge in [-0.1, -0.05) is 50.1 Å². The van der Waals surface area contributed by atoms with Gasteiger partial charge in [-0.2, -0.15) is 18.4 Å². The van der Waals surface area contributed by atoms with Crippen LogP contribution in [0, 0.1) is 11.3 Å². The molecule has 0 aromatic heterocycles. The molecule has 0 saturated heterocycles. The molecule has 0 unspecified atom stereocenters. The predicted molar refractivity (Wildman–Crippen MR) is 129 cm³/mol. The van der Waals surface area contributed by atoms with Crippen molar-refractivity contribution in [2.75, 3.05) is 13.1 Å². The molecule has 1 heterocycles. The number of carbonyl (C=O) groups is 1. The number of nitriles is 1. The molecule has 2 aromatic rings. The van der Waals surface area contributed by atoms with Crippen molar-refractivity contribution >= 4 is 11.5 Å². The molecule has 1 saturated carbocycles. The molecule has 1 aliphatic heterocycles. The zero-order valence-electron chi connectivity index (χ0n) is 19.8. The second-order valence-corrected chi connectivity index (χ2v) is 9.68. The average molecular weight is 482 g/mol. The number of nitrogens with zero attached hydrogens (tertiary/aromatic N) is 2. The van der Waals surface area contributed by atoms with E-state index in [1.54, 1.807) is 30.3 Å². The third-order valence-corrected chi connectivity index (χ3v) is 7.36. The molecule has 1 fully saturated rings. The standard InChI is InChI=1S/C28H30F3N3O/c1-20(22-8-5-7-21(17-22)18-32)26(35)33-27(12-3-2-4-13-27)14-16-34-15-11-24-23(19-34)9-6-10-25(24)28(29,30)31/h5-10,17H,1-4,11-16,19H2,(H,33,35). The van der Waals surface area contributed by atoms with Gasteiger partial charge in [-0.3, -0.25) is 9.69 Å². The molecule has 2 aliphatic rings. The quantitative estimate of drug-likeness (QED) is 0.526. The Balaban J connectivity index is 1.44. The molecule has 2 aromatic carbocycles. The van der Waals surface area contributed by atoms with E-state index in [4.69, 9.17) is 5.26 Å². The Hall–Kier alpha value is -3.11. The van der Waals surface area contributed by atoms with E-state index >= 15 is 0 Å². The zero-order chi connectivity index (χ0) is 25.1. The summed E-state index contributed by atoms with van der Waals surface area (Å²) in [5, 5.41) is 12.4. The summed E-state index contributed by atoms with van der Waals surface area (Å²) >= 11 is 0. The molecule has 4 rings (SSSR count). The maximum absolute atomic E-state index is 13.4. The molecule has 0 spiro atoms. The van der Waals surface area contributed by atoms with Crippen LogP contribution in [0.4, 0.5) is 13.2 Å². The topological polar surface area (TPSA) is 56.1 Å². The molecule has 1 amide bonds. The summed E-state index contributed by atoms with van der Waals surface area (Å²) in [6.07, 6.45) is 1.68. The van der Waals surface area contributed by atoms with Crippen LogP contribution in [0.15, 0.2) is 49.0 Å². The van der Waals surface area contributed by atoms with E-state index in [-0.39, 0.29) is 11.4 Å². The third-order valence-electron chi connectivity index (χ3n) is 7.36. The SMILES string of the molecule is C=C(C(=O)NC1(CCN2CCc3c(cccc3C(F)(F)F)C2)CCCCC1)c1cccc(C#N)c1. The fourth-order valence-corrected chi connectivity index (χ4v) is 5.39. The lowest BCUT2D eigenvalue weighted by atomic mass is 9.78. The van der Waals surface area contributed by atoms with Gasteiger partial charge in [0.1, 0.15) is 0 Å². The fraction of sp³-hybridized carbons (Fsp3) is 0.429. The van der Waals surface area contributed by atoms with Crippen LogP contribution in [0.1, 0.15) is 66.3 Å². The van der Waals surface area contributed by atoms with Crippen molar-refractivity contribution in [3.05, 3.63) is 76.9 Å². The molecule has 0 bridgehead atoms. The first-order valence-electron chi connectivity index (χ1n) is 12.1. The number of rotatable bonds is 6. The van der Waals surface area contributed by atoms with E-state index in [1.807, 2.05) is 0 Å². The third kappa shape index (κ3) is 5.76. The van der Waals surface area contributed by atoms with Gasteiger partial charge in [-0.25, -0.2) is 0 Å². The van der Waals surface area contributed by atoms with Crippen LogP contribution in [0.2, 0.25) is 0 Å². The van der Waals surface area contributed by atoms with E-state index in [9.17, 15) is 18.0 Å². The van der Waals surface area contributed by atoms with Gasteiger partial charge in [-0.05, 0) is 60.6 Å². The first-order chi connectivity index (χ1) is 16.7. The highest BCUT2D eigenvalue weighted by atomic mass is 19.4. The minimum atomic E-state index is -4.33. The van der Waals surface area contributed by atoms with E-state index in [0.29, 0.717) is 48.3 Å². The number of nitrogens with one attached hydrogen (secondary N) is 1. The van der Waals surface area contributed by atoms with Gasteiger partial charge in [0, 0.05) is 30.7 Å².